The lowest BCUT2D eigenvalue weighted by atomic mass is 10.2. The zero-order chi connectivity index (χ0) is 12.4. The van der Waals surface area contributed by atoms with Crippen LogP contribution in [0.2, 0.25) is 0 Å². The fourth-order valence-corrected chi connectivity index (χ4v) is 1.19. The Hall–Kier alpha value is -0.240. The van der Waals surface area contributed by atoms with Gasteiger partial charge in [-0.3, -0.25) is 0 Å². The van der Waals surface area contributed by atoms with Crippen molar-refractivity contribution >= 4 is 0 Å². The van der Waals surface area contributed by atoms with Crippen molar-refractivity contribution in [1.82, 2.24) is 0 Å². The fourth-order valence-electron chi connectivity index (χ4n) is 1.19. The van der Waals surface area contributed by atoms with Crippen LogP contribution in [0.15, 0.2) is 0 Å². The standard InChI is InChI=1S/C10H22O6/c1-9(2)10(14-6-3-11,15-7-4-12)16-8-5-13/h9,11-13H,3-8H2,1-2H3. The third kappa shape index (κ3) is 5.20. The van der Waals surface area contributed by atoms with E-state index >= 15 is 0 Å². The van der Waals surface area contributed by atoms with E-state index in [1.54, 1.807) is 0 Å². The molecule has 0 saturated heterocycles. The summed E-state index contributed by atoms with van der Waals surface area (Å²) < 4.78 is 16.0. The van der Waals surface area contributed by atoms with Gasteiger partial charge in [0, 0.05) is 5.92 Å². The average Bonchev–Trinajstić information content (AvgIpc) is 2.28. The molecule has 0 unspecified atom stereocenters. The van der Waals surface area contributed by atoms with Gasteiger partial charge >= 0.3 is 0 Å². The summed E-state index contributed by atoms with van der Waals surface area (Å²) in [5, 5.41) is 26.2. The second-order valence-electron chi connectivity index (χ2n) is 3.47. The van der Waals surface area contributed by atoms with Crippen LogP contribution in [0.4, 0.5) is 0 Å². The molecule has 0 aromatic carbocycles. The van der Waals surface area contributed by atoms with Crippen molar-refractivity contribution < 1.29 is 29.5 Å². The lowest BCUT2D eigenvalue weighted by Crippen LogP contribution is -2.46. The van der Waals surface area contributed by atoms with Crippen LogP contribution in [0.3, 0.4) is 0 Å². The molecule has 0 fully saturated rings. The predicted octanol–water partition coefficient (Wildman–Crippen LogP) is -0.677. The van der Waals surface area contributed by atoms with E-state index in [1.165, 1.54) is 0 Å². The Labute approximate surface area is 95.7 Å². The molecule has 0 aromatic heterocycles. The van der Waals surface area contributed by atoms with Crippen LogP contribution in [-0.2, 0) is 14.2 Å². The molecule has 0 aliphatic rings. The van der Waals surface area contributed by atoms with Crippen LogP contribution in [0.5, 0.6) is 0 Å². The lowest BCUT2D eigenvalue weighted by Gasteiger charge is -2.36. The van der Waals surface area contributed by atoms with E-state index in [0.717, 1.165) is 0 Å². The first-order chi connectivity index (χ1) is 7.63. The SMILES string of the molecule is CC(C)C(OCCO)(OCCO)OCCO. The normalized spacial score (nSPS) is 12.4. The molecular formula is C10H22O6. The van der Waals surface area contributed by atoms with Gasteiger partial charge in [-0.1, -0.05) is 13.8 Å². The molecule has 0 heterocycles. The highest BCUT2D eigenvalue weighted by atomic mass is 16.9. The van der Waals surface area contributed by atoms with Crippen LogP contribution in [-0.4, -0.2) is 60.9 Å². The van der Waals surface area contributed by atoms with E-state index < -0.39 is 5.97 Å². The van der Waals surface area contributed by atoms with Crippen molar-refractivity contribution in [3.8, 4) is 0 Å². The zero-order valence-electron chi connectivity index (χ0n) is 9.89. The molecule has 0 radical (unpaired) electrons. The molecule has 98 valence electrons. The van der Waals surface area contributed by atoms with Gasteiger partial charge in [-0.25, -0.2) is 0 Å². The van der Waals surface area contributed by atoms with Gasteiger partial charge in [0.25, 0.3) is 5.97 Å². The molecule has 0 atom stereocenters. The number of aliphatic hydroxyl groups is 3. The maximum Gasteiger partial charge on any atom is 0.285 e. The first-order valence-electron chi connectivity index (χ1n) is 5.37. The molecule has 0 aliphatic carbocycles. The van der Waals surface area contributed by atoms with Gasteiger partial charge in [0.05, 0.1) is 39.6 Å². The minimum Gasteiger partial charge on any atom is -0.394 e. The molecule has 0 aromatic rings. The molecule has 3 N–H and O–H groups in total. The predicted molar refractivity (Wildman–Crippen MR) is 56.7 cm³/mol. The summed E-state index contributed by atoms with van der Waals surface area (Å²) in [5.74, 6) is -1.47. The molecule has 0 saturated carbocycles. The smallest absolute Gasteiger partial charge is 0.285 e. The molecular weight excluding hydrogens is 216 g/mol. The number of hydrogen-bond donors (Lipinski definition) is 3. The average molecular weight is 238 g/mol. The zero-order valence-corrected chi connectivity index (χ0v) is 9.89. The van der Waals surface area contributed by atoms with Crippen LogP contribution < -0.4 is 0 Å². The minimum absolute atomic E-state index is 0.0645. The van der Waals surface area contributed by atoms with Gasteiger partial charge in [0.1, 0.15) is 0 Å². The maximum atomic E-state index is 8.73. The largest absolute Gasteiger partial charge is 0.394 e. The molecule has 6 nitrogen and oxygen atoms in total. The third-order valence-electron chi connectivity index (χ3n) is 1.89. The van der Waals surface area contributed by atoms with Crippen LogP contribution >= 0.6 is 0 Å². The van der Waals surface area contributed by atoms with Crippen molar-refractivity contribution in [1.29, 1.82) is 0 Å². The summed E-state index contributed by atoms with van der Waals surface area (Å²) in [6, 6.07) is 0. The van der Waals surface area contributed by atoms with Crippen molar-refractivity contribution in [3.05, 3.63) is 0 Å². The summed E-state index contributed by atoms with van der Waals surface area (Å²) in [5.41, 5.74) is 0. The summed E-state index contributed by atoms with van der Waals surface area (Å²) in [7, 11) is 0. The van der Waals surface area contributed by atoms with E-state index in [1.807, 2.05) is 13.8 Å². The molecule has 0 bridgehead atoms. The van der Waals surface area contributed by atoms with Gasteiger partial charge in [-0.05, 0) is 0 Å². The number of hydrogen-bond acceptors (Lipinski definition) is 6. The van der Waals surface area contributed by atoms with E-state index in [4.69, 9.17) is 29.5 Å². The fraction of sp³-hybridized carbons (Fsp3) is 1.00. The van der Waals surface area contributed by atoms with Crippen molar-refractivity contribution in [2.75, 3.05) is 39.6 Å². The molecule has 16 heavy (non-hydrogen) atoms. The highest BCUT2D eigenvalue weighted by Crippen LogP contribution is 2.25. The minimum atomic E-state index is -1.33. The van der Waals surface area contributed by atoms with E-state index in [-0.39, 0.29) is 45.6 Å². The Morgan fingerprint density at radius 2 is 1.12 bits per heavy atom. The number of aliphatic hydroxyl groups excluding tert-OH is 3. The van der Waals surface area contributed by atoms with Gasteiger partial charge in [0.2, 0.25) is 0 Å². The second-order valence-corrected chi connectivity index (χ2v) is 3.47. The van der Waals surface area contributed by atoms with Crippen molar-refractivity contribution in [2.45, 2.75) is 19.8 Å². The van der Waals surface area contributed by atoms with Crippen LogP contribution in [0.1, 0.15) is 13.8 Å². The van der Waals surface area contributed by atoms with E-state index in [2.05, 4.69) is 0 Å². The quantitative estimate of drug-likeness (QED) is 0.437. The monoisotopic (exact) mass is 238 g/mol. The molecule has 6 heteroatoms. The summed E-state index contributed by atoms with van der Waals surface area (Å²) in [4.78, 5) is 0. The number of ether oxygens (including phenoxy) is 3. The summed E-state index contributed by atoms with van der Waals surface area (Å²) in [6.45, 7) is 3.38. The maximum absolute atomic E-state index is 8.73. The topological polar surface area (TPSA) is 88.4 Å². The van der Waals surface area contributed by atoms with Gasteiger partial charge in [0.15, 0.2) is 0 Å². The molecule has 0 spiro atoms. The summed E-state index contributed by atoms with van der Waals surface area (Å²) >= 11 is 0. The van der Waals surface area contributed by atoms with Crippen molar-refractivity contribution in [3.63, 3.8) is 0 Å². The first-order valence-corrected chi connectivity index (χ1v) is 5.37. The van der Waals surface area contributed by atoms with Gasteiger partial charge in [-0.2, -0.15) is 0 Å². The number of rotatable bonds is 10. The summed E-state index contributed by atoms with van der Waals surface area (Å²) in [6.07, 6.45) is 0. The Kier molecular flexibility index (Phi) is 8.73. The van der Waals surface area contributed by atoms with E-state index in [0.29, 0.717) is 0 Å². The van der Waals surface area contributed by atoms with Crippen molar-refractivity contribution in [2.24, 2.45) is 5.92 Å². The highest BCUT2D eigenvalue weighted by molar-refractivity contribution is 4.63. The second kappa shape index (κ2) is 8.86. The Balaban J connectivity index is 4.46. The van der Waals surface area contributed by atoms with Crippen LogP contribution in [0, 0.1) is 5.92 Å². The Morgan fingerprint density at radius 1 is 0.812 bits per heavy atom. The third-order valence-corrected chi connectivity index (χ3v) is 1.89. The Morgan fingerprint density at radius 3 is 1.31 bits per heavy atom. The van der Waals surface area contributed by atoms with Gasteiger partial charge in [-0.15, -0.1) is 0 Å². The first kappa shape index (κ1) is 15.8. The molecule has 0 rings (SSSR count). The van der Waals surface area contributed by atoms with E-state index in [9.17, 15) is 0 Å². The van der Waals surface area contributed by atoms with Crippen LogP contribution in [0.25, 0.3) is 0 Å². The molecule has 0 amide bonds. The Bertz CT molecular complexity index is 140. The van der Waals surface area contributed by atoms with Gasteiger partial charge < -0.3 is 29.5 Å². The molecule has 0 aliphatic heterocycles. The lowest BCUT2D eigenvalue weighted by molar-refractivity contribution is -0.403. The highest BCUT2D eigenvalue weighted by Gasteiger charge is 2.37.